The van der Waals surface area contributed by atoms with Crippen LogP contribution < -0.4 is 10.6 Å². The monoisotopic (exact) mass is 375 g/mol. The molecule has 0 radical (unpaired) electrons. The van der Waals surface area contributed by atoms with Gasteiger partial charge in [0.1, 0.15) is 0 Å². The molecule has 2 amide bonds. The summed E-state index contributed by atoms with van der Waals surface area (Å²) in [7, 11) is 0. The first-order valence-electron chi connectivity index (χ1n) is 5.18. The third-order valence-electron chi connectivity index (χ3n) is 2.15. The van der Waals surface area contributed by atoms with Crippen LogP contribution in [0.4, 0.5) is 15.6 Å². The zero-order chi connectivity index (χ0) is 14.7. The molecule has 0 saturated carbocycles. The summed E-state index contributed by atoms with van der Waals surface area (Å²) in [5, 5.41) is 14.5. The van der Waals surface area contributed by atoms with Gasteiger partial charge in [0.15, 0.2) is 5.13 Å². The molecule has 20 heavy (non-hydrogen) atoms. The van der Waals surface area contributed by atoms with Crippen molar-refractivity contribution in [2.24, 2.45) is 0 Å². The molecule has 0 saturated heterocycles. The first kappa shape index (κ1) is 14.8. The van der Waals surface area contributed by atoms with E-state index in [0.29, 0.717) is 10.8 Å². The number of carbonyl (C=O) groups is 2. The second kappa shape index (κ2) is 6.21. The Kier molecular flexibility index (Phi) is 4.58. The Bertz CT molecular complexity index is 677. The molecule has 0 unspecified atom stereocenters. The molecular weight excluding hydrogens is 370 g/mol. The fourth-order valence-corrected chi connectivity index (χ4v) is 2.64. The molecule has 0 aliphatic rings. The number of benzene rings is 1. The number of nitrogens with zero attached hydrogens (tertiary/aromatic N) is 1. The summed E-state index contributed by atoms with van der Waals surface area (Å²) >= 11 is 10.2. The van der Waals surface area contributed by atoms with Crippen molar-refractivity contribution in [3.8, 4) is 0 Å². The SMILES string of the molecule is O=C(Nc1ccc(Cl)c(C(=O)O)c1)Nc1ncc(Br)s1. The Morgan fingerprint density at radius 2 is 2.10 bits per heavy atom. The van der Waals surface area contributed by atoms with Crippen molar-refractivity contribution in [2.75, 3.05) is 10.6 Å². The van der Waals surface area contributed by atoms with E-state index in [1.165, 1.54) is 29.5 Å². The fourth-order valence-electron chi connectivity index (χ4n) is 1.34. The number of nitrogens with one attached hydrogen (secondary N) is 2. The average molecular weight is 377 g/mol. The Labute approximate surface area is 130 Å². The molecule has 2 rings (SSSR count). The number of rotatable bonds is 3. The predicted molar refractivity (Wildman–Crippen MR) is 80.9 cm³/mol. The molecule has 0 fully saturated rings. The number of carbonyl (C=O) groups excluding carboxylic acids is 1. The summed E-state index contributed by atoms with van der Waals surface area (Å²) in [6, 6.07) is 3.67. The molecule has 1 aromatic carbocycles. The highest BCUT2D eigenvalue weighted by Crippen LogP contribution is 2.24. The smallest absolute Gasteiger partial charge is 0.337 e. The molecule has 3 N–H and O–H groups in total. The number of halogens is 2. The molecule has 104 valence electrons. The summed E-state index contributed by atoms with van der Waals surface area (Å²) < 4.78 is 0.785. The summed E-state index contributed by atoms with van der Waals surface area (Å²) in [6.45, 7) is 0. The minimum absolute atomic E-state index is 0.0820. The highest BCUT2D eigenvalue weighted by molar-refractivity contribution is 9.11. The van der Waals surface area contributed by atoms with Crippen molar-refractivity contribution >= 4 is 61.7 Å². The average Bonchev–Trinajstić information content (AvgIpc) is 2.76. The number of hydrogen-bond acceptors (Lipinski definition) is 4. The van der Waals surface area contributed by atoms with Crippen LogP contribution in [-0.2, 0) is 0 Å². The number of carboxylic acids is 1. The lowest BCUT2D eigenvalue weighted by molar-refractivity contribution is 0.0697. The lowest BCUT2D eigenvalue weighted by Crippen LogP contribution is -2.19. The summed E-state index contributed by atoms with van der Waals surface area (Å²) in [5.74, 6) is -1.16. The van der Waals surface area contributed by atoms with Gasteiger partial charge in [0.05, 0.1) is 20.6 Å². The van der Waals surface area contributed by atoms with Gasteiger partial charge in [-0.2, -0.15) is 0 Å². The van der Waals surface area contributed by atoms with Crippen LogP contribution in [0.1, 0.15) is 10.4 Å². The van der Waals surface area contributed by atoms with Crippen LogP contribution in [0.2, 0.25) is 5.02 Å². The number of anilines is 2. The number of aromatic nitrogens is 1. The highest BCUT2D eigenvalue weighted by Gasteiger charge is 2.11. The maximum Gasteiger partial charge on any atom is 0.337 e. The van der Waals surface area contributed by atoms with Gasteiger partial charge in [0.25, 0.3) is 0 Å². The van der Waals surface area contributed by atoms with Gasteiger partial charge in [-0.25, -0.2) is 14.6 Å². The number of aromatic carboxylic acids is 1. The number of thiazole rings is 1. The summed E-state index contributed by atoms with van der Waals surface area (Å²) in [5.41, 5.74) is 0.237. The molecule has 0 aliphatic heterocycles. The molecular formula is C11H7BrClN3O3S. The third kappa shape index (κ3) is 3.69. The van der Waals surface area contributed by atoms with Crippen molar-refractivity contribution in [3.05, 3.63) is 38.8 Å². The van der Waals surface area contributed by atoms with E-state index in [0.717, 1.165) is 3.79 Å². The Morgan fingerprint density at radius 1 is 1.35 bits per heavy atom. The van der Waals surface area contributed by atoms with E-state index < -0.39 is 12.0 Å². The summed E-state index contributed by atoms with van der Waals surface area (Å²) in [6.07, 6.45) is 1.56. The molecule has 1 heterocycles. The van der Waals surface area contributed by atoms with Crippen molar-refractivity contribution in [3.63, 3.8) is 0 Å². The van der Waals surface area contributed by atoms with Gasteiger partial charge in [0.2, 0.25) is 0 Å². The van der Waals surface area contributed by atoms with Crippen LogP contribution >= 0.6 is 38.9 Å². The van der Waals surface area contributed by atoms with Crippen molar-refractivity contribution in [1.82, 2.24) is 4.98 Å². The van der Waals surface area contributed by atoms with Crippen LogP contribution in [0.3, 0.4) is 0 Å². The Hall–Kier alpha value is -1.64. The standard InChI is InChI=1S/C11H7BrClN3O3S/c12-8-4-14-11(20-8)16-10(19)15-5-1-2-7(13)6(3-5)9(17)18/h1-4H,(H,17,18)(H2,14,15,16,19). The second-order valence-corrected chi connectivity index (χ2v) is 6.37. The van der Waals surface area contributed by atoms with Crippen LogP contribution in [0.5, 0.6) is 0 Å². The first-order valence-corrected chi connectivity index (χ1v) is 7.16. The predicted octanol–water partition coefficient (Wildman–Crippen LogP) is 3.90. The molecule has 6 nitrogen and oxygen atoms in total. The van der Waals surface area contributed by atoms with E-state index in [1.807, 2.05) is 0 Å². The molecule has 9 heteroatoms. The van der Waals surface area contributed by atoms with Gasteiger partial charge in [-0.1, -0.05) is 22.9 Å². The van der Waals surface area contributed by atoms with Crippen LogP contribution in [0.25, 0.3) is 0 Å². The van der Waals surface area contributed by atoms with Crippen LogP contribution in [-0.4, -0.2) is 22.1 Å². The van der Waals surface area contributed by atoms with E-state index in [-0.39, 0.29) is 10.6 Å². The van der Waals surface area contributed by atoms with Gasteiger partial charge in [0, 0.05) is 5.69 Å². The van der Waals surface area contributed by atoms with Crippen LogP contribution in [0, 0.1) is 0 Å². The maximum atomic E-state index is 11.7. The highest BCUT2D eigenvalue weighted by atomic mass is 79.9. The zero-order valence-corrected chi connectivity index (χ0v) is 12.8. The number of urea groups is 1. The summed E-state index contributed by atoms with van der Waals surface area (Å²) in [4.78, 5) is 26.6. The number of carboxylic acid groups (broad SMARTS) is 1. The van der Waals surface area contributed by atoms with E-state index in [2.05, 4.69) is 31.5 Å². The van der Waals surface area contributed by atoms with Gasteiger partial charge in [-0.05, 0) is 34.1 Å². The minimum atomic E-state index is -1.16. The number of hydrogen-bond donors (Lipinski definition) is 3. The van der Waals surface area contributed by atoms with Gasteiger partial charge in [-0.15, -0.1) is 0 Å². The van der Waals surface area contributed by atoms with Gasteiger partial charge < -0.3 is 10.4 Å². The normalized spacial score (nSPS) is 10.1. The lowest BCUT2D eigenvalue weighted by atomic mass is 10.2. The molecule has 0 atom stereocenters. The molecule has 0 aliphatic carbocycles. The van der Waals surface area contributed by atoms with Crippen molar-refractivity contribution in [2.45, 2.75) is 0 Å². The largest absolute Gasteiger partial charge is 0.478 e. The molecule has 0 spiro atoms. The van der Waals surface area contributed by atoms with E-state index in [9.17, 15) is 9.59 Å². The molecule has 0 bridgehead atoms. The zero-order valence-electron chi connectivity index (χ0n) is 9.68. The van der Waals surface area contributed by atoms with Crippen molar-refractivity contribution < 1.29 is 14.7 Å². The molecule has 1 aromatic heterocycles. The lowest BCUT2D eigenvalue weighted by Gasteiger charge is -2.07. The van der Waals surface area contributed by atoms with Crippen LogP contribution in [0.15, 0.2) is 28.2 Å². The third-order valence-corrected chi connectivity index (χ3v) is 3.87. The Balaban J connectivity index is 2.08. The quantitative estimate of drug-likeness (QED) is 0.757. The fraction of sp³-hybridized carbons (Fsp3) is 0. The number of amides is 2. The molecule has 2 aromatic rings. The van der Waals surface area contributed by atoms with Crippen molar-refractivity contribution in [1.29, 1.82) is 0 Å². The van der Waals surface area contributed by atoms with E-state index in [1.54, 1.807) is 6.20 Å². The maximum absolute atomic E-state index is 11.7. The second-order valence-electron chi connectivity index (χ2n) is 3.55. The van der Waals surface area contributed by atoms with E-state index in [4.69, 9.17) is 16.7 Å². The van der Waals surface area contributed by atoms with Gasteiger partial charge in [-0.3, -0.25) is 5.32 Å². The van der Waals surface area contributed by atoms with E-state index >= 15 is 0 Å². The topological polar surface area (TPSA) is 91.3 Å². The minimum Gasteiger partial charge on any atom is -0.478 e. The first-order chi connectivity index (χ1) is 9.45. The van der Waals surface area contributed by atoms with Gasteiger partial charge >= 0.3 is 12.0 Å². The Morgan fingerprint density at radius 3 is 2.70 bits per heavy atom.